The predicted octanol–water partition coefficient (Wildman–Crippen LogP) is 2.22. The molecule has 108 valence electrons. The minimum atomic E-state index is -1.72. The fourth-order valence-corrected chi connectivity index (χ4v) is 1.59. The molecule has 0 aliphatic carbocycles. The van der Waals surface area contributed by atoms with Crippen molar-refractivity contribution in [3.8, 4) is 0 Å². The zero-order chi connectivity index (χ0) is 14.9. The van der Waals surface area contributed by atoms with E-state index in [1.165, 1.54) is 7.05 Å². The molecule has 0 atom stereocenters. The fourth-order valence-electron chi connectivity index (χ4n) is 1.59. The lowest BCUT2D eigenvalue weighted by atomic mass is 10.3. The van der Waals surface area contributed by atoms with Crippen LogP contribution in [0.5, 0.6) is 0 Å². The summed E-state index contributed by atoms with van der Waals surface area (Å²) in [6, 6.07) is 0. The molecule has 5 nitrogen and oxygen atoms in total. The average Bonchev–Trinajstić information content (AvgIpc) is 2.84. The van der Waals surface area contributed by atoms with E-state index >= 15 is 0 Å². The second-order valence-corrected chi connectivity index (χ2v) is 3.98. The topological polar surface area (TPSA) is 55.1 Å². The number of rotatable bonds is 4. The summed E-state index contributed by atoms with van der Waals surface area (Å²) in [5, 5.41) is 3.60. The van der Waals surface area contributed by atoms with Crippen molar-refractivity contribution in [3.63, 3.8) is 0 Å². The molecule has 0 amide bonds. The third-order valence-corrected chi connectivity index (χ3v) is 2.55. The maximum Gasteiger partial charge on any atom is 0.253 e. The quantitative estimate of drug-likeness (QED) is 0.638. The van der Waals surface area contributed by atoms with E-state index < -0.39 is 29.2 Å². The van der Waals surface area contributed by atoms with Crippen LogP contribution in [0, 0.1) is 23.5 Å². The van der Waals surface area contributed by atoms with Crippen molar-refractivity contribution < 1.29 is 22.1 Å². The highest BCUT2D eigenvalue weighted by molar-refractivity contribution is 5.47. The van der Waals surface area contributed by atoms with Gasteiger partial charge in [-0.1, -0.05) is 12.1 Å². The highest BCUT2D eigenvalue weighted by Gasteiger charge is 2.24. The fraction of sp³-hybridized carbons (Fsp3) is 0.364. The second kappa shape index (κ2) is 5.43. The van der Waals surface area contributed by atoms with Crippen LogP contribution in [-0.2, 0) is 13.0 Å². The van der Waals surface area contributed by atoms with Crippen LogP contribution < -0.4 is 4.90 Å². The third kappa shape index (κ3) is 2.56. The molecule has 0 aliphatic heterocycles. The van der Waals surface area contributed by atoms with Crippen molar-refractivity contribution in [3.05, 3.63) is 35.2 Å². The first-order valence-electron chi connectivity index (χ1n) is 5.66. The molecule has 0 saturated carbocycles. The Morgan fingerprint density at radius 3 is 2.15 bits per heavy atom. The largest absolute Gasteiger partial charge is 0.360 e. The molecule has 0 spiro atoms. The Kier molecular flexibility index (Phi) is 3.86. The average molecular weight is 290 g/mol. The van der Waals surface area contributed by atoms with Crippen LogP contribution in [0.4, 0.5) is 23.2 Å². The van der Waals surface area contributed by atoms with Gasteiger partial charge in [-0.3, -0.25) is 0 Å². The summed E-state index contributed by atoms with van der Waals surface area (Å²) in [5.74, 6) is -6.11. The number of nitrogens with zero attached hydrogens (tertiary/aromatic N) is 4. The smallest absolute Gasteiger partial charge is 0.253 e. The Labute approximate surface area is 111 Å². The van der Waals surface area contributed by atoms with Gasteiger partial charge in [-0.15, -0.1) is 0 Å². The monoisotopic (exact) mass is 290 g/mol. The molecule has 0 aliphatic rings. The molecule has 2 aromatic rings. The highest BCUT2D eigenvalue weighted by atomic mass is 19.2. The normalized spacial score (nSPS) is 10.9. The SMILES string of the molecule is CCc1noc(CN(C)c2c(F)c(F)nc(F)c2F)n1. The Morgan fingerprint density at radius 2 is 1.65 bits per heavy atom. The summed E-state index contributed by atoms with van der Waals surface area (Å²) < 4.78 is 57.9. The van der Waals surface area contributed by atoms with E-state index in [-0.39, 0.29) is 12.4 Å². The molecule has 0 fully saturated rings. The van der Waals surface area contributed by atoms with E-state index in [1.807, 2.05) is 0 Å². The van der Waals surface area contributed by atoms with E-state index in [0.29, 0.717) is 12.2 Å². The number of pyridine rings is 1. The number of aromatic nitrogens is 3. The number of anilines is 1. The molecule has 0 bridgehead atoms. The van der Waals surface area contributed by atoms with Crippen LogP contribution in [0.2, 0.25) is 0 Å². The van der Waals surface area contributed by atoms with Gasteiger partial charge in [-0.05, 0) is 0 Å². The Balaban J connectivity index is 2.31. The minimum Gasteiger partial charge on any atom is -0.360 e. The first-order valence-corrected chi connectivity index (χ1v) is 5.66. The first-order chi connectivity index (χ1) is 9.43. The third-order valence-electron chi connectivity index (χ3n) is 2.55. The summed E-state index contributed by atoms with van der Waals surface area (Å²) in [6.45, 7) is 1.59. The number of halogens is 4. The summed E-state index contributed by atoms with van der Waals surface area (Å²) in [7, 11) is 1.23. The molecule has 20 heavy (non-hydrogen) atoms. The van der Waals surface area contributed by atoms with Gasteiger partial charge in [-0.2, -0.15) is 27.5 Å². The van der Waals surface area contributed by atoms with E-state index in [9.17, 15) is 17.6 Å². The van der Waals surface area contributed by atoms with Crippen molar-refractivity contribution in [1.82, 2.24) is 15.1 Å². The molecule has 0 N–H and O–H groups in total. The Morgan fingerprint density at radius 1 is 1.05 bits per heavy atom. The molecule has 0 radical (unpaired) electrons. The van der Waals surface area contributed by atoms with Gasteiger partial charge in [0.25, 0.3) is 11.9 Å². The van der Waals surface area contributed by atoms with Gasteiger partial charge in [-0.25, -0.2) is 0 Å². The van der Waals surface area contributed by atoms with Gasteiger partial charge in [0, 0.05) is 13.5 Å². The van der Waals surface area contributed by atoms with Gasteiger partial charge >= 0.3 is 0 Å². The van der Waals surface area contributed by atoms with Crippen molar-refractivity contribution in [2.24, 2.45) is 0 Å². The lowest BCUT2D eigenvalue weighted by molar-refractivity contribution is 0.369. The van der Waals surface area contributed by atoms with Gasteiger partial charge in [0.1, 0.15) is 5.69 Å². The molecular weight excluding hydrogens is 280 g/mol. The molecule has 2 rings (SSSR count). The first kappa shape index (κ1) is 14.2. The standard InChI is InChI=1S/C11H10F4N4O/c1-3-5-16-6(20-18-5)4-19(2)9-7(12)10(14)17-11(15)8(9)13/h3-4H2,1-2H3. The van der Waals surface area contributed by atoms with Crippen molar-refractivity contribution in [1.29, 1.82) is 0 Å². The van der Waals surface area contributed by atoms with Crippen LogP contribution in [0.15, 0.2) is 4.52 Å². The van der Waals surface area contributed by atoms with Crippen LogP contribution in [0.3, 0.4) is 0 Å². The van der Waals surface area contributed by atoms with E-state index in [2.05, 4.69) is 15.1 Å². The molecule has 0 unspecified atom stereocenters. The van der Waals surface area contributed by atoms with Gasteiger partial charge in [0.15, 0.2) is 5.82 Å². The summed E-state index contributed by atoms with van der Waals surface area (Å²) in [4.78, 5) is 7.33. The van der Waals surface area contributed by atoms with E-state index in [4.69, 9.17) is 4.52 Å². The Bertz CT molecular complexity index is 605. The number of aryl methyl sites for hydroxylation is 1. The molecular formula is C11H10F4N4O. The Hall–Kier alpha value is -2.19. The van der Waals surface area contributed by atoms with Gasteiger partial charge < -0.3 is 9.42 Å². The van der Waals surface area contributed by atoms with Gasteiger partial charge in [0.05, 0.1) is 6.54 Å². The summed E-state index contributed by atoms with van der Waals surface area (Å²) >= 11 is 0. The van der Waals surface area contributed by atoms with Crippen LogP contribution in [0.1, 0.15) is 18.6 Å². The molecule has 2 heterocycles. The maximum atomic E-state index is 13.5. The molecule has 2 aromatic heterocycles. The van der Waals surface area contributed by atoms with E-state index in [0.717, 1.165) is 4.90 Å². The highest BCUT2D eigenvalue weighted by Crippen LogP contribution is 2.26. The van der Waals surface area contributed by atoms with Crippen molar-refractivity contribution >= 4 is 5.69 Å². The molecule has 9 heteroatoms. The van der Waals surface area contributed by atoms with Crippen LogP contribution >= 0.6 is 0 Å². The molecule has 0 saturated heterocycles. The number of hydrogen-bond acceptors (Lipinski definition) is 5. The zero-order valence-electron chi connectivity index (χ0n) is 10.6. The van der Waals surface area contributed by atoms with Gasteiger partial charge in [0.2, 0.25) is 17.5 Å². The zero-order valence-corrected chi connectivity index (χ0v) is 10.6. The van der Waals surface area contributed by atoms with E-state index in [1.54, 1.807) is 6.92 Å². The van der Waals surface area contributed by atoms with Crippen LogP contribution in [0.25, 0.3) is 0 Å². The summed E-state index contributed by atoms with van der Waals surface area (Å²) in [5.41, 5.74) is -0.883. The second-order valence-electron chi connectivity index (χ2n) is 3.98. The number of hydrogen-bond donors (Lipinski definition) is 0. The van der Waals surface area contributed by atoms with Crippen LogP contribution in [-0.4, -0.2) is 22.2 Å². The maximum absolute atomic E-state index is 13.5. The minimum absolute atomic E-state index is 0.0702. The predicted molar refractivity (Wildman–Crippen MR) is 59.9 cm³/mol. The lowest BCUT2D eigenvalue weighted by Crippen LogP contribution is -2.21. The van der Waals surface area contributed by atoms with Crippen molar-refractivity contribution in [2.75, 3.05) is 11.9 Å². The molecule has 0 aromatic carbocycles. The van der Waals surface area contributed by atoms with Crippen molar-refractivity contribution in [2.45, 2.75) is 19.9 Å². The summed E-state index contributed by atoms with van der Waals surface area (Å²) in [6.07, 6.45) is 0.522. The lowest BCUT2D eigenvalue weighted by Gasteiger charge is -2.18.